The van der Waals surface area contributed by atoms with Gasteiger partial charge in [-0.05, 0) is 26.1 Å². The van der Waals surface area contributed by atoms with Crippen LogP contribution in [0.1, 0.15) is 23.2 Å². The number of aliphatic carboxylic acids is 1. The van der Waals surface area contributed by atoms with Crippen LogP contribution in [0.5, 0.6) is 0 Å². The lowest BCUT2D eigenvalue weighted by atomic mass is 10.3. The van der Waals surface area contributed by atoms with Gasteiger partial charge >= 0.3 is 5.97 Å². The number of carbonyl (C=O) groups excluding carboxylic acids is 1. The Morgan fingerprint density at radius 1 is 1.47 bits per heavy atom. The maximum absolute atomic E-state index is 11.7. The van der Waals surface area contributed by atoms with Gasteiger partial charge in [0.25, 0.3) is 5.91 Å². The fourth-order valence-electron chi connectivity index (χ4n) is 1.43. The molecule has 1 atom stereocenters. The van der Waals surface area contributed by atoms with Crippen LogP contribution in [0, 0.1) is 0 Å². The molecule has 0 aliphatic heterocycles. The van der Waals surface area contributed by atoms with Crippen LogP contribution >= 0.6 is 0 Å². The van der Waals surface area contributed by atoms with Crippen molar-refractivity contribution in [1.29, 1.82) is 0 Å². The summed E-state index contributed by atoms with van der Waals surface area (Å²) in [7, 11) is 1.81. The van der Waals surface area contributed by atoms with Gasteiger partial charge in [0.15, 0.2) is 5.76 Å². The second-order valence-electron chi connectivity index (χ2n) is 4.26. The predicted molar refractivity (Wildman–Crippen MR) is 66.7 cm³/mol. The molecule has 0 bridgehead atoms. The van der Waals surface area contributed by atoms with Gasteiger partial charge in [-0.3, -0.25) is 14.5 Å². The smallest absolute Gasteiger partial charge is 0.325 e. The number of likely N-dealkylation sites (N-methyl/N-ethyl adjacent to an activating group) is 1. The molecular weight excluding hydrogens is 252 g/mol. The SMILES string of the molecule is CC(NC(=O)c1ccc(CN(C)CCO)o1)C(=O)O. The molecule has 3 N–H and O–H groups in total. The lowest BCUT2D eigenvalue weighted by Crippen LogP contribution is -2.38. The van der Waals surface area contributed by atoms with Crippen molar-refractivity contribution in [2.75, 3.05) is 20.2 Å². The van der Waals surface area contributed by atoms with Crippen molar-refractivity contribution in [3.63, 3.8) is 0 Å². The van der Waals surface area contributed by atoms with Gasteiger partial charge in [-0.2, -0.15) is 0 Å². The van der Waals surface area contributed by atoms with E-state index in [0.717, 1.165) is 0 Å². The van der Waals surface area contributed by atoms with Crippen LogP contribution in [-0.2, 0) is 11.3 Å². The molecule has 7 heteroatoms. The molecule has 0 fully saturated rings. The Labute approximate surface area is 110 Å². The topological polar surface area (TPSA) is 103 Å². The summed E-state index contributed by atoms with van der Waals surface area (Å²) in [5.74, 6) is -1.03. The first-order chi connectivity index (χ1) is 8.93. The molecule has 0 aliphatic carbocycles. The number of rotatable bonds is 7. The number of carbonyl (C=O) groups is 2. The number of aliphatic hydroxyl groups excluding tert-OH is 1. The molecule has 1 heterocycles. The zero-order valence-corrected chi connectivity index (χ0v) is 10.9. The highest BCUT2D eigenvalue weighted by Crippen LogP contribution is 2.10. The van der Waals surface area contributed by atoms with Gasteiger partial charge in [0.2, 0.25) is 0 Å². The summed E-state index contributed by atoms with van der Waals surface area (Å²) in [6, 6.07) is 2.17. The minimum absolute atomic E-state index is 0.0423. The average Bonchev–Trinajstić information content (AvgIpc) is 2.77. The highest BCUT2D eigenvalue weighted by atomic mass is 16.4. The summed E-state index contributed by atoms with van der Waals surface area (Å²) >= 11 is 0. The van der Waals surface area contributed by atoms with Crippen molar-refractivity contribution in [2.24, 2.45) is 0 Å². The first-order valence-corrected chi connectivity index (χ1v) is 5.85. The molecule has 0 spiro atoms. The predicted octanol–water partition coefficient (Wildman–Crippen LogP) is -0.0934. The van der Waals surface area contributed by atoms with Crippen LogP contribution in [0.25, 0.3) is 0 Å². The van der Waals surface area contributed by atoms with Crippen LogP contribution < -0.4 is 5.32 Å². The molecule has 0 saturated heterocycles. The third kappa shape index (κ3) is 4.72. The quantitative estimate of drug-likeness (QED) is 0.639. The molecule has 19 heavy (non-hydrogen) atoms. The van der Waals surface area contributed by atoms with Crippen molar-refractivity contribution in [2.45, 2.75) is 19.5 Å². The average molecular weight is 270 g/mol. The molecule has 1 aromatic heterocycles. The molecule has 106 valence electrons. The summed E-state index contributed by atoms with van der Waals surface area (Å²) in [4.78, 5) is 24.1. The molecule has 7 nitrogen and oxygen atoms in total. The normalized spacial score (nSPS) is 12.4. The van der Waals surface area contributed by atoms with E-state index in [4.69, 9.17) is 14.6 Å². The van der Waals surface area contributed by atoms with E-state index in [-0.39, 0.29) is 12.4 Å². The number of amides is 1. The van der Waals surface area contributed by atoms with Crippen molar-refractivity contribution in [3.8, 4) is 0 Å². The summed E-state index contributed by atoms with van der Waals surface area (Å²) in [6.07, 6.45) is 0. The second-order valence-corrected chi connectivity index (χ2v) is 4.26. The van der Waals surface area contributed by atoms with Gasteiger partial charge in [0.05, 0.1) is 13.2 Å². The van der Waals surface area contributed by atoms with Crippen LogP contribution in [0.3, 0.4) is 0 Å². The van der Waals surface area contributed by atoms with E-state index in [1.165, 1.54) is 13.0 Å². The maximum atomic E-state index is 11.7. The maximum Gasteiger partial charge on any atom is 0.325 e. The minimum Gasteiger partial charge on any atom is -0.480 e. The first-order valence-electron chi connectivity index (χ1n) is 5.85. The van der Waals surface area contributed by atoms with Crippen LogP contribution in [0.4, 0.5) is 0 Å². The molecule has 0 radical (unpaired) electrons. The number of nitrogens with zero attached hydrogens (tertiary/aromatic N) is 1. The largest absolute Gasteiger partial charge is 0.480 e. The molecule has 1 unspecified atom stereocenters. The minimum atomic E-state index is -1.11. The van der Waals surface area contributed by atoms with E-state index in [9.17, 15) is 9.59 Å². The molecule has 1 rings (SSSR count). The van der Waals surface area contributed by atoms with Gasteiger partial charge < -0.3 is 19.9 Å². The zero-order chi connectivity index (χ0) is 14.4. The standard InChI is InChI=1S/C12H18N2O5/c1-8(12(17)18)13-11(16)10-4-3-9(19-10)7-14(2)5-6-15/h3-4,8,15H,5-7H2,1-2H3,(H,13,16)(H,17,18). The van der Waals surface area contributed by atoms with Crippen molar-refractivity contribution in [3.05, 3.63) is 23.7 Å². The van der Waals surface area contributed by atoms with Gasteiger partial charge in [0, 0.05) is 6.54 Å². The zero-order valence-electron chi connectivity index (χ0n) is 10.9. The van der Waals surface area contributed by atoms with Crippen molar-refractivity contribution >= 4 is 11.9 Å². The Hall–Kier alpha value is -1.86. The lowest BCUT2D eigenvalue weighted by molar-refractivity contribution is -0.138. The third-order valence-electron chi connectivity index (χ3n) is 2.51. The van der Waals surface area contributed by atoms with E-state index >= 15 is 0 Å². The number of nitrogens with one attached hydrogen (secondary N) is 1. The number of carboxylic acids is 1. The highest BCUT2D eigenvalue weighted by Gasteiger charge is 2.18. The third-order valence-corrected chi connectivity index (χ3v) is 2.51. The lowest BCUT2D eigenvalue weighted by Gasteiger charge is -2.12. The summed E-state index contributed by atoms with van der Waals surface area (Å²) in [5.41, 5.74) is 0. The van der Waals surface area contributed by atoms with Gasteiger partial charge in [-0.25, -0.2) is 0 Å². The van der Waals surface area contributed by atoms with Crippen LogP contribution in [0.2, 0.25) is 0 Å². The summed E-state index contributed by atoms with van der Waals surface area (Å²) in [6.45, 7) is 2.38. The van der Waals surface area contributed by atoms with Crippen molar-refractivity contribution < 1.29 is 24.2 Å². The van der Waals surface area contributed by atoms with Crippen LogP contribution in [0.15, 0.2) is 16.5 Å². The first kappa shape index (κ1) is 15.2. The number of hydrogen-bond donors (Lipinski definition) is 3. The fraction of sp³-hybridized carbons (Fsp3) is 0.500. The number of carboxylic acid groups (broad SMARTS) is 1. The number of aliphatic hydroxyl groups is 1. The van der Waals surface area contributed by atoms with Crippen molar-refractivity contribution in [1.82, 2.24) is 10.2 Å². The van der Waals surface area contributed by atoms with Gasteiger partial charge in [0.1, 0.15) is 11.8 Å². The fourth-order valence-corrected chi connectivity index (χ4v) is 1.43. The summed E-state index contributed by atoms with van der Waals surface area (Å²) in [5, 5.41) is 19.8. The molecule has 1 amide bonds. The van der Waals surface area contributed by atoms with E-state index < -0.39 is 17.9 Å². The Morgan fingerprint density at radius 2 is 2.16 bits per heavy atom. The molecule has 0 aliphatic rings. The Kier molecular flexibility index (Phi) is 5.53. The molecule has 0 aromatic carbocycles. The Balaban J connectivity index is 2.58. The van der Waals surface area contributed by atoms with E-state index in [1.54, 1.807) is 6.07 Å². The van der Waals surface area contributed by atoms with E-state index in [2.05, 4.69) is 5.32 Å². The Morgan fingerprint density at radius 3 is 2.74 bits per heavy atom. The number of hydrogen-bond acceptors (Lipinski definition) is 5. The highest BCUT2D eigenvalue weighted by molar-refractivity contribution is 5.94. The number of furan rings is 1. The molecular formula is C12H18N2O5. The molecule has 1 aromatic rings. The molecule has 0 saturated carbocycles. The van der Waals surface area contributed by atoms with Gasteiger partial charge in [-0.15, -0.1) is 0 Å². The van der Waals surface area contributed by atoms with E-state index in [0.29, 0.717) is 18.8 Å². The monoisotopic (exact) mass is 270 g/mol. The van der Waals surface area contributed by atoms with E-state index in [1.807, 2.05) is 11.9 Å². The Bertz CT molecular complexity index is 443. The second kappa shape index (κ2) is 6.91. The van der Waals surface area contributed by atoms with Gasteiger partial charge in [-0.1, -0.05) is 0 Å². The summed E-state index contributed by atoms with van der Waals surface area (Å²) < 4.78 is 5.31. The van der Waals surface area contributed by atoms with Crippen LogP contribution in [-0.4, -0.2) is 53.2 Å².